The molecule has 0 saturated heterocycles. The Morgan fingerprint density at radius 1 is 1.35 bits per heavy atom. The Hall–Kier alpha value is -1.10. The van der Waals surface area contributed by atoms with Crippen molar-refractivity contribution in [2.75, 3.05) is 11.9 Å². The number of aryl methyl sites for hydroxylation is 1. The molecule has 0 unspecified atom stereocenters. The van der Waals surface area contributed by atoms with Gasteiger partial charge in [0.15, 0.2) is 0 Å². The molecule has 0 radical (unpaired) electrons. The van der Waals surface area contributed by atoms with Crippen molar-refractivity contribution in [2.24, 2.45) is 0 Å². The van der Waals surface area contributed by atoms with E-state index in [1.54, 1.807) is 11.3 Å². The van der Waals surface area contributed by atoms with Crippen molar-refractivity contribution >= 4 is 28.8 Å². The molecule has 1 N–H and O–H groups in total. The second-order valence-electron chi connectivity index (χ2n) is 4.79. The summed E-state index contributed by atoms with van der Waals surface area (Å²) >= 11 is 7.54. The van der Waals surface area contributed by atoms with Crippen molar-refractivity contribution in [3.05, 3.63) is 44.7 Å². The monoisotopic (exact) mass is 310 g/mol. The second kappa shape index (κ2) is 7.07. The number of hydrogen-bond acceptors (Lipinski definition) is 4. The van der Waals surface area contributed by atoms with Crippen LogP contribution in [0.2, 0.25) is 4.34 Å². The Morgan fingerprint density at radius 3 is 2.75 bits per heavy atom. The van der Waals surface area contributed by atoms with E-state index in [-0.39, 0.29) is 6.61 Å². The molecule has 0 amide bonds. The molecule has 3 nitrogen and oxygen atoms in total. The summed E-state index contributed by atoms with van der Waals surface area (Å²) < 4.78 is 0.803. The van der Waals surface area contributed by atoms with Crippen molar-refractivity contribution in [1.82, 2.24) is 4.98 Å². The number of nitrogens with zero attached hydrogens (tertiary/aromatic N) is 2. The lowest BCUT2D eigenvalue weighted by Gasteiger charge is -2.19. The first-order valence-electron chi connectivity index (χ1n) is 6.68. The van der Waals surface area contributed by atoms with Crippen molar-refractivity contribution in [3.63, 3.8) is 0 Å². The quantitative estimate of drug-likeness (QED) is 0.879. The van der Waals surface area contributed by atoms with Gasteiger partial charge in [0, 0.05) is 17.6 Å². The lowest BCUT2D eigenvalue weighted by molar-refractivity contribution is 0.281. The van der Waals surface area contributed by atoms with E-state index in [1.165, 1.54) is 4.88 Å². The number of hydrogen-bond donors (Lipinski definition) is 1. The first-order chi connectivity index (χ1) is 9.62. The average Bonchev–Trinajstić information content (AvgIpc) is 2.84. The van der Waals surface area contributed by atoms with Gasteiger partial charge in [-0.05, 0) is 36.2 Å². The molecule has 0 spiro atoms. The maximum absolute atomic E-state index is 9.37. The van der Waals surface area contributed by atoms with Gasteiger partial charge >= 0.3 is 0 Å². The van der Waals surface area contributed by atoms with Crippen LogP contribution in [0.5, 0.6) is 0 Å². The van der Waals surface area contributed by atoms with Gasteiger partial charge in [0.2, 0.25) is 0 Å². The van der Waals surface area contributed by atoms with Crippen LogP contribution in [0.3, 0.4) is 0 Å². The van der Waals surface area contributed by atoms with E-state index in [0.717, 1.165) is 40.8 Å². The molecule has 0 fully saturated rings. The summed E-state index contributed by atoms with van der Waals surface area (Å²) in [5, 5.41) is 9.37. The standard InChI is InChI=1S/C15H19ClN2OS/c1-3-4-12-7-11(10-19)8-15(17-12)18(2)9-13-5-6-14(16)20-13/h5-8,19H,3-4,9-10H2,1-2H3. The molecule has 0 atom stereocenters. The normalized spacial score (nSPS) is 10.8. The highest BCUT2D eigenvalue weighted by Crippen LogP contribution is 2.24. The summed E-state index contributed by atoms with van der Waals surface area (Å²) in [4.78, 5) is 7.94. The van der Waals surface area contributed by atoms with Gasteiger partial charge in [-0.3, -0.25) is 0 Å². The largest absolute Gasteiger partial charge is 0.392 e. The zero-order chi connectivity index (χ0) is 14.5. The molecule has 20 heavy (non-hydrogen) atoms. The number of pyridine rings is 1. The topological polar surface area (TPSA) is 36.4 Å². The third-order valence-corrected chi connectivity index (χ3v) is 4.24. The third kappa shape index (κ3) is 3.95. The first kappa shape index (κ1) is 15.3. The van der Waals surface area contributed by atoms with Gasteiger partial charge in [-0.15, -0.1) is 11.3 Å². The Labute approximate surface area is 128 Å². The van der Waals surface area contributed by atoms with E-state index in [1.807, 2.05) is 31.3 Å². The smallest absolute Gasteiger partial charge is 0.129 e. The molecule has 5 heteroatoms. The maximum Gasteiger partial charge on any atom is 0.129 e. The number of thiophene rings is 1. The minimum absolute atomic E-state index is 0.0465. The summed E-state index contributed by atoms with van der Waals surface area (Å²) in [6.07, 6.45) is 1.98. The summed E-state index contributed by atoms with van der Waals surface area (Å²) in [5.74, 6) is 0.893. The number of aliphatic hydroxyl groups is 1. The summed E-state index contributed by atoms with van der Waals surface area (Å²) in [6, 6.07) is 7.86. The molecule has 0 aliphatic carbocycles. The van der Waals surface area contributed by atoms with Crippen LogP contribution < -0.4 is 4.90 Å². The fourth-order valence-electron chi connectivity index (χ4n) is 2.06. The zero-order valence-electron chi connectivity index (χ0n) is 11.8. The Balaban J connectivity index is 2.19. The van der Waals surface area contributed by atoms with Crippen molar-refractivity contribution in [1.29, 1.82) is 0 Å². The molecule has 2 heterocycles. The van der Waals surface area contributed by atoms with E-state index in [2.05, 4.69) is 16.8 Å². The molecule has 108 valence electrons. The van der Waals surface area contributed by atoms with Crippen molar-refractivity contribution < 1.29 is 5.11 Å². The van der Waals surface area contributed by atoms with Crippen LogP contribution in [0.1, 0.15) is 29.5 Å². The number of aliphatic hydroxyl groups excluding tert-OH is 1. The fourth-order valence-corrected chi connectivity index (χ4v) is 3.20. The average molecular weight is 311 g/mol. The van der Waals surface area contributed by atoms with Crippen LogP contribution in [0.15, 0.2) is 24.3 Å². The Morgan fingerprint density at radius 2 is 2.15 bits per heavy atom. The highest BCUT2D eigenvalue weighted by molar-refractivity contribution is 7.16. The van der Waals surface area contributed by atoms with E-state index >= 15 is 0 Å². The van der Waals surface area contributed by atoms with Crippen LogP contribution in [-0.2, 0) is 19.6 Å². The molecule has 0 bridgehead atoms. The SMILES string of the molecule is CCCc1cc(CO)cc(N(C)Cc2ccc(Cl)s2)n1. The van der Waals surface area contributed by atoms with Crippen LogP contribution in [0, 0.1) is 0 Å². The maximum atomic E-state index is 9.37. The Kier molecular flexibility index (Phi) is 5.40. The third-order valence-electron chi connectivity index (χ3n) is 3.03. The molecule has 0 aromatic carbocycles. The Bertz CT molecular complexity index is 571. The van der Waals surface area contributed by atoms with Gasteiger partial charge in [-0.2, -0.15) is 0 Å². The molecule has 0 saturated carbocycles. The zero-order valence-corrected chi connectivity index (χ0v) is 13.3. The van der Waals surface area contributed by atoms with Crippen LogP contribution >= 0.6 is 22.9 Å². The summed E-state index contributed by atoms with van der Waals surface area (Å²) in [6.45, 7) is 2.94. The molecular formula is C15H19ClN2OS. The van der Waals surface area contributed by atoms with E-state index in [0.29, 0.717) is 0 Å². The van der Waals surface area contributed by atoms with Gasteiger partial charge in [0.05, 0.1) is 17.5 Å². The number of rotatable bonds is 6. The minimum atomic E-state index is 0.0465. The van der Waals surface area contributed by atoms with Gasteiger partial charge in [0.25, 0.3) is 0 Å². The van der Waals surface area contributed by atoms with Crippen molar-refractivity contribution in [3.8, 4) is 0 Å². The highest BCUT2D eigenvalue weighted by Gasteiger charge is 2.09. The molecule has 2 aromatic heterocycles. The molecule has 0 aliphatic rings. The van der Waals surface area contributed by atoms with Gasteiger partial charge in [-0.25, -0.2) is 4.98 Å². The number of anilines is 1. The van der Waals surface area contributed by atoms with E-state index < -0.39 is 0 Å². The molecule has 0 aliphatic heterocycles. The predicted octanol–water partition coefficient (Wildman–Crippen LogP) is 3.88. The molecule has 2 rings (SSSR count). The predicted molar refractivity (Wildman–Crippen MR) is 85.6 cm³/mol. The van der Waals surface area contributed by atoms with Crippen molar-refractivity contribution in [2.45, 2.75) is 32.9 Å². The second-order valence-corrected chi connectivity index (χ2v) is 6.59. The fraction of sp³-hybridized carbons (Fsp3) is 0.400. The summed E-state index contributed by atoms with van der Waals surface area (Å²) in [7, 11) is 2.01. The van der Waals surface area contributed by atoms with Crippen LogP contribution in [-0.4, -0.2) is 17.1 Å². The lowest BCUT2D eigenvalue weighted by Crippen LogP contribution is -2.18. The first-order valence-corrected chi connectivity index (χ1v) is 7.88. The number of aromatic nitrogens is 1. The highest BCUT2D eigenvalue weighted by atomic mass is 35.5. The van der Waals surface area contributed by atoms with Gasteiger partial charge in [-0.1, -0.05) is 24.9 Å². The number of halogens is 1. The van der Waals surface area contributed by atoms with Gasteiger partial charge < -0.3 is 10.0 Å². The van der Waals surface area contributed by atoms with Crippen LogP contribution in [0.4, 0.5) is 5.82 Å². The van der Waals surface area contributed by atoms with Crippen LogP contribution in [0.25, 0.3) is 0 Å². The van der Waals surface area contributed by atoms with E-state index in [4.69, 9.17) is 11.6 Å². The molecular weight excluding hydrogens is 292 g/mol. The summed E-state index contributed by atoms with van der Waals surface area (Å²) in [5.41, 5.74) is 1.94. The lowest BCUT2D eigenvalue weighted by atomic mass is 10.1. The van der Waals surface area contributed by atoms with Gasteiger partial charge in [0.1, 0.15) is 5.82 Å². The minimum Gasteiger partial charge on any atom is -0.392 e. The molecule has 2 aromatic rings. The van der Waals surface area contributed by atoms with E-state index in [9.17, 15) is 5.11 Å².